The first-order valence-corrected chi connectivity index (χ1v) is 12.7. The number of aryl methyl sites for hydroxylation is 1. The van der Waals surface area contributed by atoms with E-state index in [-0.39, 0.29) is 29.0 Å². The number of nitrogens with zero attached hydrogens (tertiary/aromatic N) is 4. The van der Waals surface area contributed by atoms with Gasteiger partial charge in [-0.3, -0.25) is 4.79 Å². The van der Waals surface area contributed by atoms with E-state index in [0.29, 0.717) is 30.0 Å². The average molecular weight is 435 g/mol. The summed E-state index contributed by atoms with van der Waals surface area (Å²) in [5.74, 6) is 1.18. The van der Waals surface area contributed by atoms with Gasteiger partial charge in [0.25, 0.3) is 0 Å². The Bertz CT molecular complexity index is 1060. The highest BCUT2D eigenvalue weighted by atomic mass is 32.2. The van der Waals surface area contributed by atoms with Crippen LogP contribution >= 0.6 is 11.8 Å². The molecule has 1 saturated heterocycles. The third kappa shape index (κ3) is 4.07. The molecule has 0 unspecified atom stereocenters. The molecular formula is C20H26N4O3S2. The summed E-state index contributed by atoms with van der Waals surface area (Å²) in [5, 5.41) is 9.15. The van der Waals surface area contributed by atoms with E-state index in [0.717, 1.165) is 17.0 Å². The van der Waals surface area contributed by atoms with E-state index < -0.39 is 9.84 Å². The number of allylic oxidation sites excluding steroid dienone is 1. The molecular weight excluding hydrogens is 408 g/mol. The molecule has 1 atom stereocenters. The molecule has 0 bridgehead atoms. The molecule has 9 heteroatoms. The van der Waals surface area contributed by atoms with Crippen molar-refractivity contribution < 1.29 is 13.2 Å². The Morgan fingerprint density at radius 2 is 2.07 bits per heavy atom. The summed E-state index contributed by atoms with van der Waals surface area (Å²) in [6, 6.07) is 2.53. The van der Waals surface area contributed by atoms with Crippen molar-refractivity contribution in [1.29, 1.82) is 0 Å². The van der Waals surface area contributed by atoms with E-state index in [4.69, 9.17) is 0 Å². The second kappa shape index (κ2) is 7.75. The van der Waals surface area contributed by atoms with Crippen LogP contribution < -0.4 is 0 Å². The van der Waals surface area contributed by atoms with Crippen LogP contribution in [0.25, 0.3) is 0 Å². The van der Waals surface area contributed by atoms with Crippen molar-refractivity contribution in [3.8, 4) is 0 Å². The van der Waals surface area contributed by atoms with Gasteiger partial charge in [0.05, 0.1) is 17.3 Å². The van der Waals surface area contributed by atoms with Gasteiger partial charge in [-0.25, -0.2) is 8.42 Å². The van der Waals surface area contributed by atoms with Gasteiger partial charge >= 0.3 is 0 Å². The first-order valence-electron chi connectivity index (χ1n) is 9.89. The maximum absolute atomic E-state index is 12.9. The highest BCUT2D eigenvalue weighted by molar-refractivity contribution is 7.99. The van der Waals surface area contributed by atoms with Gasteiger partial charge in [-0.1, -0.05) is 17.8 Å². The summed E-state index contributed by atoms with van der Waals surface area (Å²) >= 11 is 1.35. The van der Waals surface area contributed by atoms with E-state index in [1.807, 2.05) is 17.6 Å². The normalized spacial score (nSPS) is 20.8. The van der Waals surface area contributed by atoms with Crippen LogP contribution in [0.15, 0.2) is 23.9 Å². The van der Waals surface area contributed by atoms with Crippen LogP contribution in [0, 0.1) is 13.8 Å². The van der Waals surface area contributed by atoms with Crippen molar-refractivity contribution in [3.63, 3.8) is 0 Å². The van der Waals surface area contributed by atoms with Crippen molar-refractivity contribution in [2.45, 2.75) is 56.8 Å². The highest BCUT2D eigenvalue weighted by Gasteiger charge is 2.33. The van der Waals surface area contributed by atoms with Gasteiger partial charge < -0.3 is 9.13 Å². The number of carbonyl (C=O) groups is 1. The number of ketones is 1. The van der Waals surface area contributed by atoms with Crippen LogP contribution in [0.2, 0.25) is 0 Å². The van der Waals surface area contributed by atoms with Crippen molar-refractivity contribution >= 4 is 27.4 Å². The summed E-state index contributed by atoms with van der Waals surface area (Å²) in [4.78, 5) is 12.9. The molecule has 0 spiro atoms. The minimum Gasteiger partial charge on any atom is -0.345 e. The number of Topliss-reactive ketones (excluding diaryl/α,β-unsaturated/α-hetero) is 1. The molecule has 2 fully saturated rings. The van der Waals surface area contributed by atoms with Crippen LogP contribution in [0.4, 0.5) is 0 Å². The van der Waals surface area contributed by atoms with Gasteiger partial charge in [0.15, 0.2) is 20.8 Å². The molecule has 0 aromatic carbocycles. The Morgan fingerprint density at radius 3 is 2.69 bits per heavy atom. The van der Waals surface area contributed by atoms with Crippen LogP contribution in [0.5, 0.6) is 0 Å². The first-order chi connectivity index (χ1) is 13.8. The molecule has 2 aromatic rings. The van der Waals surface area contributed by atoms with Crippen molar-refractivity contribution in [2.24, 2.45) is 0 Å². The van der Waals surface area contributed by atoms with Crippen LogP contribution in [-0.4, -0.2) is 50.8 Å². The van der Waals surface area contributed by atoms with Crippen molar-refractivity contribution in [1.82, 2.24) is 19.3 Å². The van der Waals surface area contributed by atoms with Gasteiger partial charge in [-0.05, 0) is 39.2 Å². The number of sulfone groups is 1. The average Bonchev–Trinajstić information content (AvgIpc) is 3.21. The molecule has 29 heavy (non-hydrogen) atoms. The summed E-state index contributed by atoms with van der Waals surface area (Å²) in [6.45, 7) is 8.35. The number of carbonyl (C=O) groups excluding carboxylic acids is 1. The molecule has 0 radical (unpaired) electrons. The third-order valence-corrected chi connectivity index (χ3v) is 8.42. The zero-order chi connectivity index (χ0) is 20.8. The monoisotopic (exact) mass is 434 g/mol. The Morgan fingerprint density at radius 1 is 1.31 bits per heavy atom. The number of thioether (sulfide) groups is 1. The summed E-state index contributed by atoms with van der Waals surface area (Å²) in [7, 11) is -3.01. The van der Waals surface area contributed by atoms with E-state index in [2.05, 4.69) is 28.3 Å². The third-order valence-electron chi connectivity index (χ3n) is 5.68. The lowest BCUT2D eigenvalue weighted by Gasteiger charge is -2.11. The number of hydrogen-bond acceptors (Lipinski definition) is 6. The Labute approximate surface area is 175 Å². The molecule has 7 nitrogen and oxygen atoms in total. The Hall–Kier alpha value is -1.87. The quantitative estimate of drug-likeness (QED) is 0.360. The molecule has 156 valence electrons. The fourth-order valence-electron chi connectivity index (χ4n) is 4.17. The minimum atomic E-state index is -3.01. The molecule has 4 rings (SSSR count). The van der Waals surface area contributed by atoms with Gasteiger partial charge in [0.1, 0.15) is 5.82 Å². The highest BCUT2D eigenvalue weighted by Crippen LogP contribution is 2.38. The molecule has 2 aromatic heterocycles. The Kier molecular flexibility index (Phi) is 5.46. The minimum absolute atomic E-state index is 0.0770. The van der Waals surface area contributed by atoms with E-state index >= 15 is 0 Å². The largest absolute Gasteiger partial charge is 0.345 e. The molecule has 1 aliphatic heterocycles. The summed E-state index contributed by atoms with van der Waals surface area (Å²) in [6.07, 6.45) is 4.67. The zero-order valence-electron chi connectivity index (χ0n) is 16.8. The Balaban J connectivity index is 1.50. The second-order valence-corrected chi connectivity index (χ2v) is 11.1. The maximum Gasteiger partial charge on any atom is 0.191 e. The lowest BCUT2D eigenvalue weighted by atomic mass is 10.1. The van der Waals surface area contributed by atoms with Gasteiger partial charge in [-0.2, -0.15) is 0 Å². The molecule has 2 aliphatic rings. The molecule has 0 N–H and O–H groups in total. The number of aromatic nitrogens is 4. The zero-order valence-corrected chi connectivity index (χ0v) is 18.4. The van der Waals surface area contributed by atoms with E-state index in [9.17, 15) is 13.2 Å². The summed E-state index contributed by atoms with van der Waals surface area (Å²) < 4.78 is 27.9. The van der Waals surface area contributed by atoms with Crippen molar-refractivity contribution in [2.75, 3.05) is 17.3 Å². The fraction of sp³-hybridized carbons (Fsp3) is 0.550. The molecule has 0 amide bonds. The molecule has 1 saturated carbocycles. The standard InChI is InChI=1S/C20H26N4O3S2/c1-4-8-23-19(15-7-9-29(26,27)12-15)21-22-20(23)28-11-18(25)17-10-13(2)24(14(17)3)16-5-6-16/h4,10,15-16H,1,5-9,11-12H2,2-3H3/t15-/m0/s1. The second-order valence-electron chi connectivity index (χ2n) is 7.94. The van der Waals surface area contributed by atoms with Gasteiger partial charge in [-0.15, -0.1) is 16.8 Å². The predicted molar refractivity (Wildman–Crippen MR) is 113 cm³/mol. The summed E-state index contributed by atoms with van der Waals surface area (Å²) in [5.41, 5.74) is 2.96. The molecule has 3 heterocycles. The van der Waals surface area contributed by atoms with Crippen LogP contribution in [-0.2, 0) is 16.4 Å². The van der Waals surface area contributed by atoms with Gasteiger partial charge in [0.2, 0.25) is 0 Å². The smallest absolute Gasteiger partial charge is 0.191 e. The first kappa shape index (κ1) is 20.4. The topological polar surface area (TPSA) is 86.8 Å². The fourth-order valence-corrected chi connectivity index (χ4v) is 6.75. The van der Waals surface area contributed by atoms with Crippen molar-refractivity contribution in [3.05, 3.63) is 41.5 Å². The van der Waals surface area contributed by atoms with Gasteiger partial charge in [0, 0.05) is 35.5 Å². The predicted octanol–water partition coefficient (Wildman–Crippen LogP) is 3.09. The lowest BCUT2D eigenvalue weighted by Crippen LogP contribution is -2.12. The SMILES string of the molecule is C=CCn1c(SCC(=O)c2cc(C)n(C3CC3)c2C)nnc1[C@H]1CCS(=O)(=O)C1. The van der Waals surface area contributed by atoms with Crippen LogP contribution in [0.3, 0.4) is 0 Å². The maximum atomic E-state index is 12.9. The van der Waals surface area contributed by atoms with Crippen LogP contribution in [0.1, 0.15) is 58.8 Å². The van der Waals surface area contributed by atoms with E-state index in [1.54, 1.807) is 6.08 Å². The number of hydrogen-bond donors (Lipinski definition) is 0. The molecule has 1 aliphatic carbocycles. The number of rotatable bonds is 8. The van der Waals surface area contributed by atoms with E-state index in [1.165, 1.54) is 24.6 Å². The lowest BCUT2D eigenvalue weighted by molar-refractivity contribution is 0.102.